The molecule has 0 N–H and O–H groups in total. The highest BCUT2D eigenvalue weighted by atomic mass is 32.1. The van der Waals surface area contributed by atoms with Crippen molar-refractivity contribution in [2.75, 3.05) is 26.3 Å². The molecule has 1 aromatic heterocycles. The Morgan fingerprint density at radius 1 is 1.18 bits per heavy atom. The van der Waals surface area contributed by atoms with Gasteiger partial charge in [-0.25, -0.2) is 0 Å². The fourth-order valence-electron chi connectivity index (χ4n) is 3.02. The van der Waals surface area contributed by atoms with E-state index >= 15 is 0 Å². The van der Waals surface area contributed by atoms with E-state index < -0.39 is 0 Å². The normalized spacial score (nSPS) is 14.1. The molecule has 1 aliphatic heterocycles. The minimum atomic E-state index is -0.00446. The van der Waals surface area contributed by atoms with E-state index in [9.17, 15) is 4.79 Å². The zero-order chi connectivity index (χ0) is 19.3. The van der Waals surface area contributed by atoms with Crippen LogP contribution in [0.15, 0.2) is 48.5 Å². The van der Waals surface area contributed by atoms with Gasteiger partial charge in [0.1, 0.15) is 5.75 Å². The molecule has 7 heteroatoms. The summed E-state index contributed by atoms with van der Waals surface area (Å²) in [6.07, 6.45) is 0.662. The quantitative estimate of drug-likeness (QED) is 0.659. The number of nitrogens with zero attached hydrogens (tertiary/aromatic N) is 3. The summed E-state index contributed by atoms with van der Waals surface area (Å²) in [5, 5.41) is 0.477. The van der Waals surface area contributed by atoms with Crippen molar-refractivity contribution in [3.05, 3.63) is 71.0 Å². The van der Waals surface area contributed by atoms with Crippen LogP contribution in [0.5, 0.6) is 10.9 Å². The Morgan fingerprint density at radius 2 is 1.96 bits per heavy atom. The van der Waals surface area contributed by atoms with Crippen molar-refractivity contribution in [3.63, 3.8) is 0 Å². The fourth-order valence-corrected chi connectivity index (χ4v) is 3.58. The number of ether oxygens (including phenoxy) is 2. The number of rotatable bonds is 5. The summed E-state index contributed by atoms with van der Waals surface area (Å²) in [7, 11) is 0. The van der Waals surface area contributed by atoms with Crippen LogP contribution in [0.4, 0.5) is 0 Å². The summed E-state index contributed by atoms with van der Waals surface area (Å²) in [6, 6.07) is 15.6. The summed E-state index contributed by atoms with van der Waals surface area (Å²) in [6.45, 7) is 4.33. The number of benzene rings is 2. The van der Waals surface area contributed by atoms with E-state index in [1.54, 1.807) is 11.0 Å². The second-order valence-corrected chi connectivity index (χ2v) is 7.34. The van der Waals surface area contributed by atoms with Crippen molar-refractivity contribution in [3.8, 4) is 10.9 Å². The lowest BCUT2D eigenvalue weighted by Gasteiger charge is -2.27. The summed E-state index contributed by atoms with van der Waals surface area (Å²) in [5.74, 6) is 1.35. The molecule has 6 nitrogen and oxygen atoms in total. The first-order valence-electron chi connectivity index (χ1n) is 9.21. The number of hydrogen-bond donors (Lipinski definition) is 0. The van der Waals surface area contributed by atoms with E-state index in [4.69, 9.17) is 9.47 Å². The van der Waals surface area contributed by atoms with Crippen molar-refractivity contribution in [2.24, 2.45) is 0 Å². The smallest absolute Gasteiger partial charge is 0.298 e. The maximum Gasteiger partial charge on any atom is 0.298 e. The van der Waals surface area contributed by atoms with Crippen LogP contribution in [-0.2, 0) is 11.2 Å². The van der Waals surface area contributed by atoms with Crippen LogP contribution in [-0.4, -0.2) is 46.5 Å². The predicted octanol–water partition coefficient (Wildman–Crippen LogP) is 3.70. The topological polar surface area (TPSA) is 64.6 Å². The van der Waals surface area contributed by atoms with Gasteiger partial charge in [-0.3, -0.25) is 4.79 Å². The van der Waals surface area contributed by atoms with Crippen molar-refractivity contribution in [1.29, 1.82) is 0 Å². The molecule has 28 heavy (non-hydrogen) atoms. The highest BCUT2D eigenvalue weighted by Gasteiger charge is 2.20. The molecule has 0 radical (unpaired) electrons. The highest BCUT2D eigenvalue weighted by molar-refractivity contribution is 7.07. The molecule has 2 aromatic carbocycles. The van der Waals surface area contributed by atoms with Gasteiger partial charge in [-0.05, 0) is 30.2 Å². The van der Waals surface area contributed by atoms with Gasteiger partial charge in [0.05, 0.1) is 13.2 Å². The van der Waals surface area contributed by atoms with E-state index in [0.717, 1.165) is 17.0 Å². The average molecular weight is 395 g/mol. The molecule has 3 aromatic rings. The van der Waals surface area contributed by atoms with Gasteiger partial charge in [-0.2, -0.15) is 9.36 Å². The number of hydrogen-bond acceptors (Lipinski definition) is 6. The number of amides is 1. The molecule has 0 spiro atoms. The van der Waals surface area contributed by atoms with E-state index in [-0.39, 0.29) is 5.91 Å². The first kappa shape index (κ1) is 18.6. The molecule has 1 fully saturated rings. The van der Waals surface area contributed by atoms with Crippen LogP contribution in [0.1, 0.15) is 27.3 Å². The summed E-state index contributed by atoms with van der Waals surface area (Å²) in [5.41, 5.74) is 2.70. The first-order chi connectivity index (χ1) is 13.7. The second-order valence-electron chi connectivity index (χ2n) is 6.63. The van der Waals surface area contributed by atoms with Crippen LogP contribution < -0.4 is 4.74 Å². The van der Waals surface area contributed by atoms with Gasteiger partial charge in [-0.1, -0.05) is 36.4 Å². The van der Waals surface area contributed by atoms with Crippen molar-refractivity contribution in [1.82, 2.24) is 14.3 Å². The maximum atomic E-state index is 12.7. The van der Waals surface area contributed by atoms with Gasteiger partial charge in [0.15, 0.2) is 5.82 Å². The summed E-state index contributed by atoms with van der Waals surface area (Å²) in [4.78, 5) is 19.0. The minimum absolute atomic E-state index is 0.00446. The van der Waals surface area contributed by atoms with Crippen LogP contribution >= 0.6 is 11.5 Å². The Hall–Kier alpha value is -2.77. The molecule has 0 saturated carbocycles. The van der Waals surface area contributed by atoms with Crippen molar-refractivity contribution < 1.29 is 14.3 Å². The lowest BCUT2D eigenvalue weighted by atomic mass is 10.1. The molecule has 0 atom stereocenters. The molecule has 1 amide bonds. The number of morpholine rings is 1. The lowest BCUT2D eigenvalue weighted by molar-refractivity contribution is 0.0302. The lowest BCUT2D eigenvalue weighted by Crippen LogP contribution is -2.40. The second kappa shape index (κ2) is 8.50. The first-order valence-corrected chi connectivity index (χ1v) is 9.98. The highest BCUT2D eigenvalue weighted by Crippen LogP contribution is 2.28. The molecular formula is C21H21N3O3S. The third-order valence-corrected chi connectivity index (χ3v) is 5.22. The van der Waals surface area contributed by atoms with Crippen LogP contribution in [0, 0.1) is 6.92 Å². The third-order valence-electron chi connectivity index (χ3n) is 4.59. The Labute approximate surface area is 167 Å². The monoisotopic (exact) mass is 395 g/mol. The maximum absolute atomic E-state index is 12.7. The number of carbonyl (C=O) groups excluding carboxylic acids is 1. The average Bonchev–Trinajstić information content (AvgIpc) is 3.17. The molecule has 1 aliphatic rings. The molecule has 0 aliphatic carbocycles. The van der Waals surface area contributed by atoms with Crippen molar-refractivity contribution >= 4 is 17.4 Å². The minimum Gasteiger partial charge on any atom is -0.430 e. The standard InChI is InChI=1S/C21H21N3O3S/c1-15-7-8-17(20(25)24-9-11-26-12-10-24)14-18(15)27-21-22-19(23-28-21)13-16-5-3-2-4-6-16/h2-8,14H,9-13H2,1H3. The summed E-state index contributed by atoms with van der Waals surface area (Å²) < 4.78 is 15.7. The zero-order valence-corrected chi connectivity index (χ0v) is 16.4. The Kier molecular flexibility index (Phi) is 5.64. The molecule has 4 rings (SSSR count). The third kappa shape index (κ3) is 4.37. The SMILES string of the molecule is Cc1ccc(C(=O)N2CCOCC2)cc1Oc1nc(Cc2ccccc2)ns1. The molecule has 2 heterocycles. The van der Waals surface area contributed by atoms with Gasteiger partial charge in [0, 0.05) is 36.6 Å². The molecule has 0 bridgehead atoms. The zero-order valence-electron chi connectivity index (χ0n) is 15.6. The van der Waals surface area contributed by atoms with E-state index in [1.807, 2.05) is 49.4 Å². The molecular weight excluding hydrogens is 374 g/mol. The van der Waals surface area contributed by atoms with E-state index in [0.29, 0.717) is 49.2 Å². The van der Waals surface area contributed by atoms with Gasteiger partial charge in [0.2, 0.25) is 0 Å². The van der Waals surface area contributed by atoms with Crippen LogP contribution in [0.2, 0.25) is 0 Å². The molecule has 0 unspecified atom stereocenters. The Balaban J connectivity index is 1.48. The summed E-state index contributed by atoms with van der Waals surface area (Å²) >= 11 is 1.22. The fraction of sp³-hybridized carbons (Fsp3) is 0.286. The van der Waals surface area contributed by atoms with Gasteiger partial charge in [-0.15, -0.1) is 0 Å². The predicted molar refractivity (Wildman–Crippen MR) is 107 cm³/mol. The number of aryl methyl sites for hydroxylation is 1. The Morgan fingerprint density at radius 3 is 2.75 bits per heavy atom. The van der Waals surface area contributed by atoms with E-state index in [1.165, 1.54) is 11.5 Å². The van der Waals surface area contributed by atoms with E-state index in [2.05, 4.69) is 9.36 Å². The molecule has 144 valence electrons. The van der Waals surface area contributed by atoms with Crippen LogP contribution in [0.3, 0.4) is 0 Å². The number of carbonyl (C=O) groups is 1. The van der Waals surface area contributed by atoms with Crippen molar-refractivity contribution in [2.45, 2.75) is 13.3 Å². The van der Waals surface area contributed by atoms with Gasteiger partial charge in [0.25, 0.3) is 11.1 Å². The largest absolute Gasteiger partial charge is 0.430 e. The van der Waals surface area contributed by atoms with Gasteiger partial charge < -0.3 is 14.4 Å². The molecule has 1 saturated heterocycles. The number of aromatic nitrogens is 2. The Bertz CT molecular complexity index is 953. The van der Waals surface area contributed by atoms with Crippen LogP contribution in [0.25, 0.3) is 0 Å². The van der Waals surface area contributed by atoms with Gasteiger partial charge >= 0.3 is 0 Å².